The summed E-state index contributed by atoms with van der Waals surface area (Å²) in [6, 6.07) is 0. The first-order valence-electron chi connectivity index (χ1n) is 11.0. The van der Waals surface area contributed by atoms with Gasteiger partial charge in [0.25, 0.3) is 11.5 Å². The topological polar surface area (TPSA) is 101 Å². The van der Waals surface area contributed by atoms with Crippen molar-refractivity contribution in [2.75, 3.05) is 17.2 Å². The molecule has 30 heavy (non-hydrogen) atoms. The molecule has 4 heterocycles. The molecule has 2 fully saturated rings. The van der Waals surface area contributed by atoms with Crippen LogP contribution in [0, 0.1) is 12.8 Å². The number of amides is 1. The van der Waals surface area contributed by atoms with Crippen molar-refractivity contribution < 1.29 is 4.79 Å². The predicted molar refractivity (Wildman–Crippen MR) is 113 cm³/mol. The molecular weight excluding hydrogens is 380 g/mol. The molecule has 8 nitrogen and oxygen atoms in total. The zero-order valence-electron chi connectivity index (χ0n) is 17.2. The van der Waals surface area contributed by atoms with Gasteiger partial charge in [0.2, 0.25) is 5.95 Å². The summed E-state index contributed by atoms with van der Waals surface area (Å²) >= 11 is 0. The van der Waals surface area contributed by atoms with Crippen LogP contribution in [0.2, 0.25) is 0 Å². The highest BCUT2D eigenvalue weighted by Gasteiger charge is 2.46. The Balaban J connectivity index is 1.43. The fourth-order valence-electron chi connectivity index (χ4n) is 5.28. The molecule has 1 spiro atoms. The number of pyridine rings is 1. The minimum atomic E-state index is -0.577. The second-order valence-electron chi connectivity index (χ2n) is 9.21. The van der Waals surface area contributed by atoms with Gasteiger partial charge in [-0.05, 0) is 62.5 Å². The summed E-state index contributed by atoms with van der Waals surface area (Å²) in [6.07, 6.45) is 9.68. The Kier molecular flexibility index (Phi) is 3.76. The highest BCUT2D eigenvalue weighted by Crippen LogP contribution is 2.40. The van der Waals surface area contributed by atoms with Gasteiger partial charge in [-0.2, -0.15) is 4.98 Å². The van der Waals surface area contributed by atoms with Crippen molar-refractivity contribution in [1.82, 2.24) is 19.9 Å². The average molecular weight is 406 g/mol. The van der Waals surface area contributed by atoms with E-state index in [4.69, 9.17) is 0 Å². The molecule has 2 saturated carbocycles. The van der Waals surface area contributed by atoms with Crippen molar-refractivity contribution in [3.63, 3.8) is 0 Å². The first-order chi connectivity index (χ1) is 14.6. The summed E-state index contributed by atoms with van der Waals surface area (Å²) in [5.41, 5.74) is 3.07. The molecular formula is C22H26N6O2. The molecule has 2 aliphatic heterocycles. The summed E-state index contributed by atoms with van der Waals surface area (Å²) in [5.74, 6) is 1.87. The van der Waals surface area contributed by atoms with Gasteiger partial charge < -0.3 is 16.0 Å². The van der Waals surface area contributed by atoms with Crippen molar-refractivity contribution in [3.05, 3.63) is 38.9 Å². The van der Waals surface area contributed by atoms with Gasteiger partial charge in [-0.3, -0.25) is 14.2 Å². The van der Waals surface area contributed by atoms with Crippen LogP contribution in [0.15, 0.2) is 11.0 Å². The first-order valence-corrected chi connectivity index (χ1v) is 11.0. The number of nitrogens with one attached hydrogen (secondary N) is 3. The second-order valence-corrected chi connectivity index (χ2v) is 9.21. The van der Waals surface area contributed by atoms with Crippen LogP contribution >= 0.6 is 0 Å². The molecule has 0 bridgehead atoms. The lowest BCUT2D eigenvalue weighted by Gasteiger charge is -2.36. The highest BCUT2D eigenvalue weighted by atomic mass is 16.2. The van der Waals surface area contributed by atoms with E-state index in [-0.39, 0.29) is 11.5 Å². The van der Waals surface area contributed by atoms with Crippen molar-refractivity contribution in [1.29, 1.82) is 0 Å². The number of carbonyl (C=O) groups excluding carboxylic acids is 1. The number of hydrogen-bond acceptors (Lipinski definition) is 6. The number of carbonyl (C=O) groups is 1. The Hall–Kier alpha value is -2.90. The van der Waals surface area contributed by atoms with Crippen LogP contribution in [0.3, 0.4) is 0 Å². The molecule has 8 heteroatoms. The maximum atomic E-state index is 13.6. The Morgan fingerprint density at radius 1 is 1.23 bits per heavy atom. The van der Waals surface area contributed by atoms with Crippen LogP contribution in [0.25, 0.3) is 0 Å². The van der Waals surface area contributed by atoms with E-state index in [0.29, 0.717) is 29.6 Å². The van der Waals surface area contributed by atoms with Gasteiger partial charge >= 0.3 is 0 Å². The third-order valence-corrected chi connectivity index (χ3v) is 7.14. The van der Waals surface area contributed by atoms with Gasteiger partial charge in [-0.1, -0.05) is 6.42 Å². The Morgan fingerprint density at radius 3 is 2.80 bits per heavy atom. The van der Waals surface area contributed by atoms with Gasteiger partial charge in [0.15, 0.2) is 0 Å². The number of hydrogen-bond donors (Lipinski definition) is 3. The third kappa shape index (κ3) is 2.58. The van der Waals surface area contributed by atoms with E-state index in [2.05, 4.69) is 25.9 Å². The molecule has 6 rings (SSSR count). The third-order valence-electron chi connectivity index (χ3n) is 7.14. The van der Waals surface area contributed by atoms with Crippen molar-refractivity contribution >= 4 is 23.4 Å². The molecule has 3 N–H and O–H groups in total. The zero-order valence-corrected chi connectivity index (χ0v) is 17.2. The van der Waals surface area contributed by atoms with Crippen LogP contribution < -0.4 is 21.5 Å². The molecule has 4 aliphatic rings. The van der Waals surface area contributed by atoms with E-state index < -0.39 is 5.66 Å². The lowest BCUT2D eigenvalue weighted by molar-refractivity contribution is 0.0876. The monoisotopic (exact) mass is 406 g/mol. The van der Waals surface area contributed by atoms with Crippen LogP contribution in [0.1, 0.15) is 72.1 Å². The maximum Gasteiger partial charge on any atom is 0.277 e. The summed E-state index contributed by atoms with van der Waals surface area (Å²) < 4.78 is 1.74. The highest BCUT2D eigenvalue weighted by molar-refractivity contribution is 5.97. The smallest absolute Gasteiger partial charge is 0.277 e. The van der Waals surface area contributed by atoms with E-state index in [1.165, 1.54) is 12.8 Å². The molecule has 0 unspecified atom stereocenters. The van der Waals surface area contributed by atoms with Crippen molar-refractivity contribution in [3.8, 4) is 0 Å². The number of anilines is 3. The lowest BCUT2D eigenvalue weighted by Crippen LogP contribution is -2.49. The number of aromatic nitrogens is 3. The van der Waals surface area contributed by atoms with Crippen molar-refractivity contribution in [2.45, 2.75) is 64.0 Å². The molecule has 2 aliphatic carbocycles. The molecule has 0 saturated heterocycles. The predicted octanol–water partition coefficient (Wildman–Crippen LogP) is 2.78. The second kappa shape index (κ2) is 6.30. The maximum absolute atomic E-state index is 13.6. The van der Waals surface area contributed by atoms with E-state index >= 15 is 0 Å². The fraction of sp³-hybridized carbons (Fsp3) is 0.545. The minimum absolute atomic E-state index is 0.123. The fourth-order valence-corrected chi connectivity index (χ4v) is 5.28. The quantitative estimate of drug-likeness (QED) is 0.618. The number of nitrogens with zero attached hydrogens (tertiary/aromatic N) is 3. The average Bonchev–Trinajstić information content (AvgIpc) is 3.54. The van der Waals surface area contributed by atoms with Crippen LogP contribution in [-0.2, 0) is 12.1 Å². The standard InChI is InChI=1S/C22H26N6O2/c1-12-15-9-14-11-24-21(23-10-13-5-6-13)26-18(14)25-16(15)20(30)28-17(12)19(29)27-22(28)7-3-2-4-8-22/h11,13H,2-10H2,1H3,(H,27,29)(H2,23,24,25,26). The Labute approximate surface area is 174 Å². The van der Waals surface area contributed by atoms with Gasteiger partial charge in [-0.15, -0.1) is 0 Å². The van der Waals surface area contributed by atoms with Gasteiger partial charge in [0.05, 0.1) is 0 Å². The molecule has 0 aromatic carbocycles. The molecule has 2 aromatic rings. The summed E-state index contributed by atoms with van der Waals surface area (Å²) in [4.78, 5) is 35.6. The Bertz CT molecular complexity index is 1130. The van der Waals surface area contributed by atoms with E-state index in [0.717, 1.165) is 61.3 Å². The van der Waals surface area contributed by atoms with Gasteiger partial charge in [0.1, 0.15) is 22.9 Å². The van der Waals surface area contributed by atoms with Crippen LogP contribution in [0.5, 0.6) is 0 Å². The Morgan fingerprint density at radius 2 is 2.03 bits per heavy atom. The zero-order chi connectivity index (χ0) is 20.5. The van der Waals surface area contributed by atoms with Crippen LogP contribution in [0.4, 0.5) is 17.5 Å². The summed E-state index contributed by atoms with van der Waals surface area (Å²) in [6.45, 7) is 2.84. The number of rotatable bonds is 3. The largest absolute Gasteiger partial charge is 0.354 e. The molecule has 2 aromatic heterocycles. The minimum Gasteiger partial charge on any atom is -0.354 e. The van der Waals surface area contributed by atoms with Crippen LogP contribution in [-0.4, -0.2) is 27.0 Å². The normalized spacial score (nSPS) is 20.8. The SMILES string of the molecule is Cc1c2c(c(=O)n3c1C(=O)NC31CCCCC1)Nc1nc(NCC3CC3)ncc1C2. The van der Waals surface area contributed by atoms with Gasteiger partial charge in [-0.25, -0.2) is 4.98 Å². The number of fused-ring (bicyclic) bond motifs is 4. The molecule has 0 atom stereocenters. The van der Waals surface area contributed by atoms with E-state index in [9.17, 15) is 9.59 Å². The van der Waals surface area contributed by atoms with Gasteiger partial charge in [0, 0.05) is 24.7 Å². The molecule has 156 valence electrons. The first kappa shape index (κ1) is 17.9. The molecule has 0 radical (unpaired) electrons. The van der Waals surface area contributed by atoms with E-state index in [1.54, 1.807) is 4.57 Å². The summed E-state index contributed by atoms with van der Waals surface area (Å²) in [5, 5.41) is 9.76. The molecule has 1 amide bonds. The van der Waals surface area contributed by atoms with E-state index in [1.807, 2.05) is 13.1 Å². The summed E-state index contributed by atoms with van der Waals surface area (Å²) in [7, 11) is 0. The van der Waals surface area contributed by atoms with Crippen molar-refractivity contribution in [2.24, 2.45) is 5.92 Å². The lowest BCUT2D eigenvalue weighted by atomic mass is 9.88.